The highest BCUT2D eigenvalue weighted by Crippen LogP contribution is 2.38. The molecule has 1 amide bonds. The van der Waals surface area contributed by atoms with Crippen LogP contribution in [0.3, 0.4) is 0 Å². The van der Waals surface area contributed by atoms with Gasteiger partial charge < -0.3 is 15.1 Å². The van der Waals surface area contributed by atoms with Crippen LogP contribution in [0.2, 0.25) is 0 Å². The molecular formula is C23H21N3O2S. The predicted molar refractivity (Wildman–Crippen MR) is 117 cm³/mol. The molecule has 0 aliphatic carbocycles. The second kappa shape index (κ2) is 8.75. The highest BCUT2D eigenvalue weighted by atomic mass is 32.1. The fraction of sp³-hybridized carbons (Fsp3) is 0.130. The van der Waals surface area contributed by atoms with Gasteiger partial charge in [-0.3, -0.25) is 4.79 Å². The maximum atomic E-state index is 12.6. The lowest BCUT2D eigenvalue weighted by Crippen LogP contribution is -2.16. The van der Waals surface area contributed by atoms with Gasteiger partial charge in [-0.25, -0.2) is 4.98 Å². The molecule has 4 aromatic rings. The van der Waals surface area contributed by atoms with E-state index in [4.69, 9.17) is 4.42 Å². The third kappa shape index (κ3) is 4.38. The van der Waals surface area contributed by atoms with Crippen molar-refractivity contribution < 1.29 is 9.21 Å². The third-order valence-electron chi connectivity index (χ3n) is 4.53. The molecule has 1 aromatic carbocycles. The molecule has 4 rings (SSSR count). The lowest BCUT2D eigenvalue weighted by atomic mass is 9.99. The number of anilines is 2. The van der Waals surface area contributed by atoms with Gasteiger partial charge in [0.1, 0.15) is 10.8 Å². The fourth-order valence-electron chi connectivity index (χ4n) is 3.10. The zero-order chi connectivity index (χ0) is 20.1. The van der Waals surface area contributed by atoms with Crippen LogP contribution < -0.4 is 10.6 Å². The number of hydrogen-bond acceptors (Lipinski definition) is 5. The van der Waals surface area contributed by atoms with E-state index in [-0.39, 0.29) is 17.7 Å². The molecule has 3 aromatic heterocycles. The van der Waals surface area contributed by atoms with Gasteiger partial charge in [0.2, 0.25) is 0 Å². The molecule has 29 heavy (non-hydrogen) atoms. The van der Waals surface area contributed by atoms with Gasteiger partial charge in [-0.05, 0) is 42.3 Å². The molecular weight excluding hydrogens is 382 g/mol. The van der Waals surface area contributed by atoms with Crippen LogP contribution in [0.15, 0.2) is 83.6 Å². The van der Waals surface area contributed by atoms with E-state index in [0.29, 0.717) is 0 Å². The first-order chi connectivity index (χ1) is 14.2. The number of carbonyl (C=O) groups excluding carboxylic acids is 1. The summed E-state index contributed by atoms with van der Waals surface area (Å²) in [5, 5.41) is 7.35. The summed E-state index contributed by atoms with van der Waals surface area (Å²) in [7, 11) is 0. The summed E-state index contributed by atoms with van der Waals surface area (Å²) < 4.78 is 5.25. The zero-order valence-corrected chi connectivity index (χ0v) is 16.8. The van der Waals surface area contributed by atoms with E-state index in [9.17, 15) is 4.79 Å². The maximum absolute atomic E-state index is 12.6. The summed E-state index contributed by atoms with van der Waals surface area (Å²) in [6, 6.07) is 21.3. The molecule has 0 aliphatic rings. The number of aromatic nitrogens is 1. The maximum Gasteiger partial charge on any atom is 0.291 e. The highest BCUT2D eigenvalue weighted by molar-refractivity contribution is 7.16. The Morgan fingerprint density at radius 3 is 2.62 bits per heavy atom. The number of carbonyl (C=O) groups is 1. The van der Waals surface area contributed by atoms with Crippen LogP contribution in [0.25, 0.3) is 0 Å². The van der Waals surface area contributed by atoms with Crippen LogP contribution in [0.1, 0.15) is 39.5 Å². The van der Waals surface area contributed by atoms with Crippen molar-refractivity contribution in [1.82, 2.24) is 4.98 Å². The number of nitrogens with zero attached hydrogens (tertiary/aromatic N) is 1. The second-order valence-electron chi connectivity index (χ2n) is 6.49. The van der Waals surface area contributed by atoms with Gasteiger partial charge >= 0.3 is 0 Å². The van der Waals surface area contributed by atoms with Crippen LogP contribution in [0.5, 0.6) is 0 Å². The van der Waals surface area contributed by atoms with Crippen molar-refractivity contribution in [3.05, 3.63) is 101 Å². The highest BCUT2D eigenvalue weighted by Gasteiger charge is 2.23. The number of hydrogen-bond donors (Lipinski definition) is 2. The van der Waals surface area contributed by atoms with E-state index in [1.54, 1.807) is 29.7 Å². The SMILES string of the molecule is CCc1cc(C(Nc2ccccn2)c2ccccc2)c(NC(=O)c2ccco2)s1. The Morgan fingerprint density at radius 2 is 1.93 bits per heavy atom. The predicted octanol–water partition coefficient (Wildman–Crippen LogP) is 5.75. The minimum Gasteiger partial charge on any atom is -0.459 e. The first-order valence-electron chi connectivity index (χ1n) is 9.44. The molecule has 0 saturated carbocycles. The van der Waals surface area contributed by atoms with Gasteiger partial charge in [-0.15, -0.1) is 11.3 Å². The average Bonchev–Trinajstić information content (AvgIpc) is 3.44. The number of benzene rings is 1. The Morgan fingerprint density at radius 1 is 1.10 bits per heavy atom. The van der Waals surface area contributed by atoms with Crippen molar-refractivity contribution in [3.63, 3.8) is 0 Å². The second-order valence-corrected chi connectivity index (χ2v) is 7.62. The molecule has 0 aliphatic heterocycles. The molecule has 0 fully saturated rings. The van der Waals surface area contributed by atoms with E-state index < -0.39 is 0 Å². The molecule has 2 N–H and O–H groups in total. The molecule has 146 valence electrons. The normalized spacial score (nSPS) is 11.8. The van der Waals surface area contributed by atoms with Crippen molar-refractivity contribution >= 4 is 28.1 Å². The van der Waals surface area contributed by atoms with E-state index in [1.807, 2.05) is 36.4 Å². The molecule has 0 spiro atoms. The third-order valence-corrected chi connectivity index (χ3v) is 5.74. The lowest BCUT2D eigenvalue weighted by Gasteiger charge is -2.21. The summed E-state index contributed by atoms with van der Waals surface area (Å²) in [6.07, 6.45) is 4.14. The molecule has 0 saturated heterocycles. The Balaban J connectivity index is 1.73. The van der Waals surface area contributed by atoms with E-state index >= 15 is 0 Å². The van der Waals surface area contributed by atoms with Gasteiger partial charge in [0.05, 0.1) is 12.3 Å². The standard InChI is InChI=1S/C23H21N3O2S/c1-2-17-15-18(23(29-17)26-22(27)19-11-8-14-28-19)21(16-9-4-3-5-10-16)25-20-12-6-7-13-24-20/h3-15,21H,2H2,1H3,(H,24,25)(H,26,27). The average molecular weight is 404 g/mol. The number of aryl methyl sites for hydroxylation is 1. The summed E-state index contributed by atoms with van der Waals surface area (Å²) in [5.74, 6) is 0.802. The Kier molecular flexibility index (Phi) is 5.72. The molecule has 6 heteroatoms. The quantitative estimate of drug-likeness (QED) is 0.412. The summed E-state index contributed by atoms with van der Waals surface area (Å²) >= 11 is 1.58. The van der Waals surface area contributed by atoms with Crippen LogP contribution in [-0.2, 0) is 6.42 Å². The molecule has 0 radical (unpaired) electrons. The Bertz CT molecular complexity index is 1060. The summed E-state index contributed by atoms with van der Waals surface area (Å²) in [6.45, 7) is 2.11. The minimum absolute atomic E-state index is 0.158. The molecule has 1 atom stereocenters. The van der Waals surface area contributed by atoms with Crippen molar-refractivity contribution in [1.29, 1.82) is 0 Å². The first kappa shape index (κ1) is 19.0. The molecule has 0 bridgehead atoms. The Labute approximate surface area is 173 Å². The van der Waals surface area contributed by atoms with Crippen LogP contribution in [-0.4, -0.2) is 10.9 Å². The monoisotopic (exact) mass is 403 g/mol. The molecule has 3 heterocycles. The van der Waals surface area contributed by atoms with Crippen molar-refractivity contribution in [2.24, 2.45) is 0 Å². The van der Waals surface area contributed by atoms with Crippen LogP contribution in [0.4, 0.5) is 10.8 Å². The lowest BCUT2D eigenvalue weighted by molar-refractivity contribution is 0.0997. The van der Waals surface area contributed by atoms with E-state index in [0.717, 1.165) is 28.4 Å². The van der Waals surface area contributed by atoms with Crippen molar-refractivity contribution in [3.8, 4) is 0 Å². The van der Waals surface area contributed by atoms with Gasteiger partial charge in [-0.1, -0.05) is 43.3 Å². The van der Waals surface area contributed by atoms with Gasteiger partial charge in [0.15, 0.2) is 5.76 Å². The number of furan rings is 1. The minimum atomic E-state index is -0.259. The molecule has 5 nitrogen and oxygen atoms in total. The van der Waals surface area contributed by atoms with Crippen molar-refractivity contribution in [2.75, 3.05) is 10.6 Å². The van der Waals surface area contributed by atoms with E-state index in [1.165, 1.54) is 11.1 Å². The summed E-state index contributed by atoms with van der Waals surface area (Å²) in [4.78, 5) is 18.2. The number of thiophene rings is 1. The fourth-order valence-corrected chi connectivity index (χ4v) is 4.13. The number of amides is 1. The first-order valence-corrected chi connectivity index (χ1v) is 10.3. The van der Waals surface area contributed by atoms with Crippen molar-refractivity contribution in [2.45, 2.75) is 19.4 Å². The summed E-state index contributed by atoms with van der Waals surface area (Å²) in [5.41, 5.74) is 2.09. The zero-order valence-electron chi connectivity index (χ0n) is 16.0. The molecule has 1 unspecified atom stereocenters. The van der Waals surface area contributed by atoms with Gasteiger partial charge in [0.25, 0.3) is 5.91 Å². The number of nitrogens with one attached hydrogen (secondary N) is 2. The van der Waals surface area contributed by atoms with Crippen LogP contribution >= 0.6 is 11.3 Å². The van der Waals surface area contributed by atoms with Gasteiger partial charge in [0, 0.05) is 16.6 Å². The van der Waals surface area contributed by atoms with Gasteiger partial charge in [-0.2, -0.15) is 0 Å². The topological polar surface area (TPSA) is 67.2 Å². The largest absolute Gasteiger partial charge is 0.459 e. The Hall–Kier alpha value is -3.38. The number of rotatable bonds is 7. The van der Waals surface area contributed by atoms with Crippen LogP contribution in [0, 0.1) is 0 Å². The smallest absolute Gasteiger partial charge is 0.291 e. The number of pyridine rings is 1. The van der Waals surface area contributed by atoms with E-state index in [2.05, 4.69) is 40.7 Å².